The maximum Gasteiger partial charge on any atom is 0.130 e. The van der Waals surface area contributed by atoms with Gasteiger partial charge in [0, 0.05) is 5.56 Å². The van der Waals surface area contributed by atoms with Crippen molar-refractivity contribution in [2.75, 3.05) is 0 Å². The Morgan fingerprint density at radius 3 is 2.18 bits per heavy atom. The highest BCUT2D eigenvalue weighted by Gasteiger charge is 1.98. The first-order valence-corrected chi connectivity index (χ1v) is 5.42. The fourth-order valence-corrected chi connectivity index (χ4v) is 1.59. The van der Waals surface area contributed by atoms with Crippen LogP contribution < -0.4 is 0 Å². The van der Waals surface area contributed by atoms with Crippen LogP contribution in [0.15, 0.2) is 54.6 Å². The Labute approximate surface area is 99.2 Å². The van der Waals surface area contributed by atoms with Gasteiger partial charge < -0.3 is 0 Å². The van der Waals surface area contributed by atoms with Crippen LogP contribution in [0.1, 0.15) is 11.1 Å². The third kappa shape index (κ3) is 3.00. The van der Waals surface area contributed by atoms with E-state index < -0.39 is 0 Å². The maximum atomic E-state index is 13.3. The van der Waals surface area contributed by atoms with Crippen LogP contribution in [0, 0.1) is 11.6 Å². The fraction of sp³-hybridized carbons (Fsp3) is 0.0667. The number of hydrogen-bond donors (Lipinski definition) is 0. The second-order valence-corrected chi connectivity index (χ2v) is 3.72. The third-order valence-electron chi connectivity index (χ3n) is 2.50. The van der Waals surface area contributed by atoms with Crippen molar-refractivity contribution in [2.24, 2.45) is 0 Å². The van der Waals surface area contributed by atoms with Crippen LogP contribution in [-0.4, -0.2) is 0 Å². The quantitative estimate of drug-likeness (QED) is 0.740. The lowest BCUT2D eigenvalue weighted by atomic mass is 10.1. The van der Waals surface area contributed by atoms with E-state index >= 15 is 0 Å². The molecule has 0 spiro atoms. The zero-order valence-electron chi connectivity index (χ0n) is 9.24. The first-order chi connectivity index (χ1) is 8.27. The van der Waals surface area contributed by atoms with E-state index in [9.17, 15) is 8.78 Å². The van der Waals surface area contributed by atoms with Crippen LogP contribution in [0.2, 0.25) is 0 Å². The van der Waals surface area contributed by atoms with E-state index in [0.29, 0.717) is 17.5 Å². The number of allylic oxidation sites excluding steroid dienone is 1. The molecule has 0 aromatic heterocycles. The first kappa shape index (κ1) is 11.5. The van der Waals surface area contributed by atoms with Crippen molar-refractivity contribution >= 4 is 6.08 Å². The van der Waals surface area contributed by atoms with E-state index in [4.69, 9.17) is 0 Å². The summed E-state index contributed by atoms with van der Waals surface area (Å²) in [4.78, 5) is 0. The van der Waals surface area contributed by atoms with Crippen molar-refractivity contribution in [2.45, 2.75) is 6.42 Å². The molecule has 0 fully saturated rings. The third-order valence-corrected chi connectivity index (χ3v) is 2.50. The molecule has 0 saturated carbocycles. The Morgan fingerprint density at radius 2 is 1.47 bits per heavy atom. The van der Waals surface area contributed by atoms with Gasteiger partial charge >= 0.3 is 0 Å². The number of benzene rings is 2. The van der Waals surface area contributed by atoms with Crippen molar-refractivity contribution in [3.05, 3.63) is 77.4 Å². The lowest BCUT2D eigenvalue weighted by Crippen LogP contribution is -1.87. The van der Waals surface area contributed by atoms with Gasteiger partial charge in [0.05, 0.1) is 0 Å². The molecule has 86 valence electrons. The Hall–Kier alpha value is -1.96. The second-order valence-electron chi connectivity index (χ2n) is 3.72. The molecule has 0 nitrogen and oxygen atoms in total. The van der Waals surface area contributed by atoms with Crippen LogP contribution in [0.25, 0.3) is 6.08 Å². The van der Waals surface area contributed by atoms with Crippen molar-refractivity contribution in [3.63, 3.8) is 0 Å². The Balaban J connectivity index is 2.09. The van der Waals surface area contributed by atoms with Crippen LogP contribution in [0.5, 0.6) is 0 Å². The first-order valence-electron chi connectivity index (χ1n) is 5.42. The Bertz CT molecular complexity index is 530. The zero-order chi connectivity index (χ0) is 12.1. The SMILES string of the molecule is Fc1ccccc1C=CCc1ccccc1F. The molecule has 0 heterocycles. The van der Waals surface area contributed by atoms with Crippen LogP contribution in [0.4, 0.5) is 8.78 Å². The lowest BCUT2D eigenvalue weighted by Gasteiger charge is -1.98. The van der Waals surface area contributed by atoms with E-state index in [1.54, 1.807) is 48.6 Å². The molecule has 2 aromatic rings. The van der Waals surface area contributed by atoms with Crippen molar-refractivity contribution in [3.8, 4) is 0 Å². The van der Waals surface area contributed by atoms with Crippen molar-refractivity contribution in [1.29, 1.82) is 0 Å². The van der Waals surface area contributed by atoms with Crippen LogP contribution >= 0.6 is 0 Å². The molecule has 0 N–H and O–H groups in total. The predicted octanol–water partition coefficient (Wildman–Crippen LogP) is 4.22. The van der Waals surface area contributed by atoms with E-state index in [-0.39, 0.29) is 11.6 Å². The van der Waals surface area contributed by atoms with Gasteiger partial charge in [0.1, 0.15) is 11.6 Å². The van der Waals surface area contributed by atoms with Crippen molar-refractivity contribution < 1.29 is 8.78 Å². The molecule has 0 aliphatic heterocycles. The van der Waals surface area contributed by atoms with Gasteiger partial charge in [-0.25, -0.2) is 8.78 Å². The van der Waals surface area contributed by atoms with Crippen LogP contribution in [-0.2, 0) is 6.42 Å². The molecule has 2 heteroatoms. The van der Waals surface area contributed by atoms with E-state index in [2.05, 4.69) is 0 Å². The van der Waals surface area contributed by atoms with Gasteiger partial charge in [0.15, 0.2) is 0 Å². The van der Waals surface area contributed by atoms with Gasteiger partial charge in [-0.05, 0) is 24.1 Å². The Morgan fingerprint density at radius 1 is 0.824 bits per heavy atom. The topological polar surface area (TPSA) is 0 Å². The molecule has 0 unspecified atom stereocenters. The standard InChI is InChI=1S/C15H12F2/c16-14-10-3-1-6-12(14)8-5-9-13-7-2-4-11-15(13)17/h1-8,10-11H,9H2. The minimum Gasteiger partial charge on any atom is -0.207 e. The summed E-state index contributed by atoms with van der Waals surface area (Å²) in [6.45, 7) is 0. The van der Waals surface area contributed by atoms with Gasteiger partial charge in [0.2, 0.25) is 0 Å². The van der Waals surface area contributed by atoms with Crippen LogP contribution in [0.3, 0.4) is 0 Å². The number of hydrogen-bond acceptors (Lipinski definition) is 0. The normalized spacial score (nSPS) is 10.9. The zero-order valence-corrected chi connectivity index (χ0v) is 9.24. The van der Waals surface area contributed by atoms with Gasteiger partial charge in [-0.3, -0.25) is 0 Å². The average molecular weight is 230 g/mol. The molecule has 0 aliphatic rings. The number of rotatable bonds is 3. The summed E-state index contributed by atoms with van der Waals surface area (Å²) in [5.41, 5.74) is 1.13. The van der Waals surface area contributed by atoms with Gasteiger partial charge in [-0.2, -0.15) is 0 Å². The predicted molar refractivity (Wildman–Crippen MR) is 65.5 cm³/mol. The maximum absolute atomic E-state index is 13.3. The molecule has 0 amide bonds. The summed E-state index contributed by atoms with van der Waals surface area (Å²) in [7, 11) is 0. The summed E-state index contributed by atoms with van der Waals surface area (Å²) in [6, 6.07) is 13.1. The molecule has 0 saturated heterocycles. The molecule has 0 aliphatic carbocycles. The van der Waals surface area contributed by atoms with E-state index in [0.717, 1.165) is 0 Å². The molecule has 2 aromatic carbocycles. The molecule has 0 atom stereocenters. The van der Waals surface area contributed by atoms with E-state index in [1.807, 2.05) is 0 Å². The highest BCUT2D eigenvalue weighted by Crippen LogP contribution is 2.11. The largest absolute Gasteiger partial charge is 0.207 e. The molecule has 0 radical (unpaired) electrons. The van der Waals surface area contributed by atoms with Gasteiger partial charge in [-0.15, -0.1) is 0 Å². The molecular formula is C15H12F2. The Kier molecular flexibility index (Phi) is 3.66. The van der Waals surface area contributed by atoms with Crippen molar-refractivity contribution in [1.82, 2.24) is 0 Å². The van der Waals surface area contributed by atoms with Gasteiger partial charge in [-0.1, -0.05) is 48.6 Å². The van der Waals surface area contributed by atoms with Gasteiger partial charge in [0.25, 0.3) is 0 Å². The highest BCUT2D eigenvalue weighted by atomic mass is 19.1. The minimum absolute atomic E-state index is 0.231. The summed E-state index contributed by atoms with van der Waals surface area (Å²) in [5.74, 6) is -0.497. The lowest BCUT2D eigenvalue weighted by molar-refractivity contribution is 0.615. The average Bonchev–Trinajstić information content (AvgIpc) is 2.34. The molecular weight excluding hydrogens is 218 g/mol. The monoisotopic (exact) mass is 230 g/mol. The summed E-state index contributed by atoms with van der Waals surface area (Å²) >= 11 is 0. The summed E-state index contributed by atoms with van der Waals surface area (Å²) < 4.78 is 26.6. The second kappa shape index (κ2) is 5.39. The smallest absolute Gasteiger partial charge is 0.130 e. The minimum atomic E-state index is -0.266. The fourth-order valence-electron chi connectivity index (χ4n) is 1.59. The molecule has 0 bridgehead atoms. The summed E-state index contributed by atoms with van der Waals surface area (Å²) in [5, 5.41) is 0. The highest BCUT2D eigenvalue weighted by molar-refractivity contribution is 5.50. The molecule has 2 rings (SSSR count). The molecule has 17 heavy (non-hydrogen) atoms. The number of halogens is 2. The summed E-state index contributed by atoms with van der Waals surface area (Å²) in [6.07, 6.45) is 3.89. The van der Waals surface area contributed by atoms with E-state index in [1.165, 1.54) is 12.1 Å².